The summed E-state index contributed by atoms with van der Waals surface area (Å²) >= 11 is 11.5. The molecule has 0 unspecified atom stereocenters. The van der Waals surface area contributed by atoms with Crippen LogP contribution in [0.5, 0.6) is 0 Å². The number of amides is 2. The third kappa shape index (κ3) is 2.97. The van der Waals surface area contributed by atoms with Gasteiger partial charge >= 0.3 is 6.03 Å². The SMILES string of the molecule is CN(C)C(=O)Nc1c(Cl)cc(F)cc1Cl. The van der Waals surface area contributed by atoms with Crippen LogP contribution < -0.4 is 5.32 Å². The Bertz CT molecular complexity index is 373. The second-order valence-corrected chi connectivity index (χ2v) is 3.88. The lowest BCUT2D eigenvalue weighted by Gasteiger charge is -2.14. The minimum Gasteiger partial charge on any atom is -0.331 e. The molecule has 1 aromatic carbocycles. The molecule has 82 valence electrons. The molecule has 1 aromatic rings. The zero-order valence-corrected chi connectivity index (χ0v) is 9.66. The van der Waals surface area contributed by atoms with Gasteiger partial charge in [-0.25, -0.2) is 9.18 Å². The van der Waals surface area contributed by atoms with E-state index in [4.69, 9.17) is 23.2 Å². The third-order valence-corrected chi connectivity index (χ3v) is 2.24. The minimum atomic E-state index is -0.548. The summed E-state index contributed by atoms with van der Waals surface area (Å²) in [5, 5.41) is 2.59. The van der Waals surface area contributed by atoms with Crippen molar-refractivity contribution in [2.45, 2.75) is 0 Å². The van der Waals surface area contributed by atoms with E-state index in [0.717, 1.165) is 12.1 Å². The Hall–Kier alpha value is -1.00. The lowest BCUT2D eigenvalue weighted by Crippen LogP contribution is -2.27. The number of nitrogens with one attached hydrogen (secondary N) is 1. The lowest BCUT2D eigenvalue weighted by atomic mass is 10.3. The molecule has 1 rings (SSSR count). The van der Waals surface area contributed by atoms with Gasteiger partial charge in [-0.15, -0.1) is 0 Å². The molecule has 3 nitrogen and oxygen atoms in total. The molecule has 15 heavy (non-hydrogen) atoms. The third-order valence-electron chi connectivity index (χ3n) is 1.64. The first-order chi connectivity index (χ1) is 6.91. The van der Waals surface area contributed by atoms with Crippen LogP contribution in [0.1, 0.15) is 0 Å². The van der Waals surface area contributed by atoms with Crippen molar-refractivity contribution in [3.63, 3.8) is 0 Å². The van der Waals surface area contributed by atoms with Gasteiger partial charge in [-0.3, -0.25) is 0 Å². The summed E-state index contributed by atoms with van der Waals surface area (Å²) in [6, 6.07) is 1.78. The number of halogens is 3. The van der Waals surface area contributed by atoms with Crippen molar-refractivity contribution in [2.75, 3.05) is 19.4 Å². The first-order valence-electron chi connectivity index (χ1n) is 4.04. The van der Waals surface area contributed by atoms with Crippen LogP contribution in [0.15, 0.2) is 12.1 Å². The Balaban J connectivity index is 3.00. The van der Waals surface area contributed by atoms with E-state index in [9.17, 15) is 9.18 Å². The fourth-order valence-electron chi connectivity index (χ4n) is 0.880. The summed E-state index contributed by atoms with van der Waals surface area (Å²) in [7, 11) is 3.14. The first kappa shape index (κ1) is 12.1. The molecule has 6 heteroatoms. The number of rotatable bonds is 1. The van der Waals surface area contributed by atoms with Crippen LogP contribution in [0.2, 0.25) is 10.0 Å². The largest absolute Gasteiger partial charge is 0.331 e. The molecule has 0 saturated carbocycles. The van der Waals surface area contributed by atoms with E-state index >= 15 is 0 Å². The zero-order chi connectivity index (χ0) is 11.6. The van der Waals surface area contributed by atoms with Gasteiger partial charge < -0.3 is 10.2 Å². The lowest BCUT2D eigenvalue weighted by molar-refractivity contribution is 0.230. The Labute approximate surface area is 96.8 Å². The highest BCUT2D eigenvalue weighted by Gasteiger charge is 2.12. The van der Waals surface area contributed by atoms with E-state index in [1.54, 1.807) is 14.1 Å². The van der Waals surface area contributed by atoms with Crippen LogP contribution in [0.3, 0.4) is 0 Å². The molecule has 0 spiro atoms. The molecule has 0 aliphatic heterocycles. The highest BCUT2D eigenvalue weighted by Crippen LogP contribution is 2.31. The van der Waals surface area contributed by atoms with Crippen LogP contribution in [0, 0.1) is 5.82 Å². The van der Waals surface area contributed by atoms with Gasteiger partial charge in [0.1, 0.15) is 5.82 Å². The number of carbonyl (C=O) groups excluding carboxylic acids is 1. The average Bonchev–Trinajstić information content (AvgIpc) is 2.10. The highest BCUT2D eigenvalue weighted by molar-refractivity contribution is 6.39. The molecule has 0 aliphatic carbocycles. The fraction of sp³-hybridized carbons (Fsp3) is 0.222. The second-order valence-electron chi connectivity index (χ2n) is 3.07. The van der Waals surface area contributed by atoms with Crippen LogP contribution >= 0.6 is 23.2 Å². The van der Waals surface area contributed by atoms with E-state index in [1.165, 1.54) is 4.90 Å². The normalized spacial score (nSPS) is 9.93. The number of urea groups is 1. The van der Waals surface area contributed by atoms with Gasteiger partial charge in [0.15, 0.2) is 0 Å². The summed E-state index contributed by atoms with van der Waals surface area (Å²) < 4.78 is 12.8. The zero-order valence-electron chi connectivity index (χ0n) is 8.14. The fourth-order valence-corrected chi connectivity index (χ4v) is 1.44. The van der Waals surface area contributed by atoms with Crippen molar-refractivity contribution in [3.05, 3.63) is 28.0 Å². The van der Waals surface area contributed by atoms with Gasteiger partial charge in [0.2, 0.25) is 0 Å². The van der Waals surface area contributed by atoms with E-state index in [0.29, 0.717) is 0 Å². The van der Waals surface area contributed by atoms with Crippen LogP contribution in [-0.4, -0.2) is 25.0 Å². The number of nitrogens with zero attached hydrogens (tertiary/aromatic N) is 1. The Morgan fingerprint density at radius 1 is 1.33 bits per heavy atom. The maximum absolute atomic E-state index is 12.8. The summed E-state index contributed by atoms with van der Waals surface area (Å²) in [5.41, 5.74) is 0.207. The van der Waals surface area contributed by atoms with Gasteiger partial charge in [0.25, 0.3) is 0 Å². The van der Waals surface area contributed by atoms with Crippen LogP contribution in [0.25, 0.3) is 0 Å². The van der Waals surface area contributed by atoms with Crippen LogP contribution in [-0.2, 0) is 0 Å². The van der Waals surface area contributed by atoms with Gasteiger partial charge in [-0.2, -0.15) is 0 Å². The monoisotopic (exact) mass is 250 g/mol. The molecule has 0 aliphatic rings. The summed E-state index contributed by atoms with van der Waals surface area (Å²) in [6.07, 6.45) is 0. The number of carbonyl (C=O) groups is 1. The topological polar surface area (TPSA) is 32.3 Å². The van der Waals surface area contributed by atoms with Gasteiger partial charge in [-0.1, -0.05) is 23.2 Å². The van der Waals surface area contributed by atoms with E-state index < -0.39 is 5.82 Å². The van der Waals surface area contributed by atoms with Gasteiger partial charge in [0.05, 0.1) is 15.7 Å². The Morgan fingerprint density at radius 3 is 2.20 bits per heavy atom. The Kier molecular flexibility index (Phi) is 3.77. The smallest absolute Gasteiger partial charge is 0.321 e. The van der Waals surface area contributed by atoms with E-state index in [1.807, 2.05) is 0 Å². The van der Waals surface area contributed by atoms with Crippen LogP contribution in [0.4, 0.5) is 14.9 Å². The number of anilines is 1. The second kappa shape index (κ2) is 4.68. The summed E-state index contributed by atoms with van der Waals surface area (Å²) in [5.74, 6) is -0.548. The number of hydrogen-bond acceptors (Lipinski definition) is 1. The van der Waals surface area contributed by atoms with Crippen molar-refractivity contribution >= 4 is 34.9 Å². The predicted octanol–water partition coefficient (Wildman–Crippen LogP) is 3.23. The highest BCUT2D eigenvalue weighted by atomic mass is 35.5. The maximum Gasteiger partial charge on any atom is 0.321 e. The molecule has 1 N–H and O–H groups in total. The molecule has 0 fully saturated rings. The van der Waals surface area contributed by atoms with Crippen molar-refractivity contribution < 1.29 is 9.18 Å². The van der Waals surface area contributed by atoms with Gasteiger partial charge in [-0.05, 0) is 12.1 Å². The average molecular weight is 251 g/mol. The molecule has 0 saturated heterocycles. The van der Waals surface area contributed by atoms with Gasteiger partial charge in [0, 0.05) is 14.1 Å². The molecule has 0 atom stereocenters. The number of hydrogen-bond donors (Lipinski definition) is 1. The van der Waals surface area contributed by atoms with Crippen molar-refractivity contribution in [1.82, 2.24) is 4.90 Å². The first-order valence-corrected chi connectivity index (χ1v) is 4.80. The molecular weight excluding hydrogens is 242 g/mol. The van der Waals surface area contributed by atoms with Crippen molar-refractivity contribution in [3.8, 4) is 0 Å². The summed E-state index contributed by atoms with van der Waals surface area (Å²) in [6.45, 7) is 0. The number of benzene rings is 1. The molecular formula is C9H9Cl2FN2O. The van der Waals surface area contributed by atoms with E-state index in [2.05, 4.69) is 5.32 Å². The van der Waals surface area contributed by atoms with Crippen molar-refractivity contribution in [1.29, 1.82) is 0 Å². The standard InChI is InChI=1S/C9H9Cl2FN2O/c1-14(2)9(15)13-8-6(10)3-5(12)4-7(8)11/h3-4H,1-2H3,(H,13,15). The molecule has 0 heterocycles. The molecule has 0 radical (unpaired) electrons. The molecule has 0 bridgehead atoms. The van der Waals surface area contributed by atoms with E-state index in [-0.39, 0.29) is 21.8 Å². The molecule has 2 amide bonds. The predicted molar refractivity (Wildman–Crippen MR) is 59.1 cm³/mol. The van der Waals surface area contributed by atoms with Crippen molar-refractivity contribution in [2.24, 2.45) is 0 Å². The maximum atomic E-state index is 12.8. The summed E-state index contributed by atoms with van der Waals surface area (Å²) in [4.78, 5) is 12.6. The molecule has 0 aromatic heterocycles. The quantitative estimate of drug-likeness (QED) is 0.816. The minimum absolute atomic E-state index is 0.0650. The Morgan fingerprint density at radius 2 is 1.80 bits per heavy atom.